The van der Waals surface area contributed by atoms with Crippen LogP contribution in [0, 0.1) is 0 Å². The Morgan fingerprint density at radius 2 is 2.07 bits per heavy atom. The molecule has 2 rings (SSSR count). The van der Waals surface area contributed by atoms with Crippen molar-refractivity contribution in [3.8, 4) is 11.5 Å². The number of benzene rings is 1. The average Bonchev–Trinajstić information content (AvgIpc) is 2.42. The number of aliphatic carboxylic acids is 1. The van der Waals surface area contributed by atoms with E-state index < -0.39 is 11.8 Å². The van der Waals surface area contributed by atoms with Crippen LogP contribution in [0.15, 0.2) is 22.7 Å². The van der Waals surface area contributed by atoms with Gasteiger partial charge < -0.3 is 14.6 Å². The van der Waals surface area contributed by atoms with Gasteiger partial charge in [-0.25, -0.2) is 4.79 Å². The lowest BCUT2D eigenvalue weighted by atomic mass is 10.3. The number of hydrogen-bond acceptors (Lipinski definition) is 3. The minimum atomic E-state index is -1.61. The van der Waals surface area contributed by atoms with Crippen molar-refractivity contribution in [3.63, 3.8) is 0 Å². The van der Waals surface area contributed by atoms with Crippen LogP contribution in [0.4, 0.5) is 0 Å². The first-order valence-electron chi connectivity index (χ1n) is 3.92. The van der Waals surface area contributed by atoms with Crippen LogP contribution in [0.3, 0.4) is 0 Å². The van der Waals surface area contributed by atoms with Gasteiger partial charge in [-0.1, -0.05) is 15.9 Å². The van der Waals surface area contributed by atoms with Crippen molar-refractivity contribution in [3.05, 3.63) is 22.7 Å². The number of halogens is 1. The van der Waals surface area contributed by atoms with Gasteiger partial charge >= 0.3 is 11.8 Å². The van der Waals surface area contributed by atoms with Crippen LogP contribution in [0.25, 0.3) is 0 Å². The summed E-state index contributed by atoms with van der Waals surface area (Å²) in [4.78, 5) is 10.8. The van der Waals surface area contributed by atoms with Crippen molar-refractivity contribution in [2.45, 2.75) is 12.7 Å². The molecule has 1 aromatic rings. The summed E-state index contributed by atoms with van der Waals surface area (Å²) in [6.45, 7) is 1.36. The second kappa shape index (κ2) is 2.88. The second-order valence-corrected chi connectivity index (χ2v) is 3.96. The second-order valence-electron chi connectivity index (χ2n) is 3.05. The molecule has 1 atom stereocenters. The fraction of sp³-hybridized carbons (Fsp3) is 0.222. The molecule has 1 aromatic carbocycles. The number of carboxylic acid groups (broad SMARTS) is 1. The van der Waals surface area contributed by atoms with E-state index in [2.05, 4.69) is 15.9 Å². The van der Waals surface area contributed by atoms with Crippen LogP contribution in [-0.4, -0.2) is 16.9 Å². The van der Waals surface area contributed by atoms with Gasteiger partial charge in [-0.3, -0.25) is 0 Å². The zero-order valence-electron chi connectivity index (χ0n) is 7.28. The number of fused-ring (bicyclic) bond motifs is 1. The molecule has 0 aromatic heterocycles. The van der Waals surface area contributed by atoms with E-state index in [1.807, 2.05) is 0 Å². The lowest BCUT2D eigenvalue weighted by molar-refractivity contribution is -0.173. The molecule has 1 N–H and O–H groups in total. The summed E-state index contributed by atoms with van der Waals surface area (Å²) >= 11 is 3.26. The van der Waals surface area contributed by atoms with Crippen LogP contribution in [0.5, 0.6) is 11.5 Å². The molecule has 0 amide bonds. The molecule has 14 heavy (non-hydrogen) atoms. The summed E-state index contributed by atoms with van der Waals surface area (Å²) in [5.41, 5.74) is 0. The van der Waals surface area contributed by atoms with Gasteiger partial charge in [0.25, 0.3) is 0 Å². The highest BCUT2D eigenvalue weighted by atomic mass is 79.9. The van der Waals surface area contributed by atoms with E-state index in [1.165, 1.54) is 6.92 Å². The molecule has 0 spiro atoms. The van der Waals surface area contributed by atoms with Crippen molar-refractivity contribution in [2.75, 3.05) is 0 Å². The van der Waals surface area contributed by atoms with Crippen molar-refractivity contribution < 1.29 is 19.4 Å². The van der Waals surface area contributed by atoms with E-state index in [1.54, 1.807) is 18.2 Å². The molecule has 0 saturated heterocycles. The van der Waals surface area contributed by atoms with Crippen LogP contribution in [-0.2, 0) is 4.79 Å². The Balaban J connectivity index is 2.39. The minimum absolute atomic E-state index is 0.435. The Hall–Kier alpha value is -1.23. The third-order valence-electron chi connectivity index (χ3n) is 1.90. The summed E-state index contributed by atoms with van der Waals surface area (Å²) in [6.07, 6.45) is 0. The molecular formula is C9H7BrO4. The van der Waals surface area contributed by atoms with Crippen molar-refractivity contribution in [2.24, 2.45) is 0 Å². The Morgan fingerprint density at radius 1 is 1.43 bits per heavy atom. The maximum atomic E-state index is 10.8. The maximum absolute atomic E-state index is 10.8. The highest BCUT2D eigenvalue weighted by molar-refractivity contribution is 9.10. The highest BCUT2D eigenvalue weighted by Crippen LogP contribution is 2.40. The van der Waals surface area contributed by atoms with E-state index in [0.29, 0.717) is 11.5 Å². The normalized spacial score (nSPS) is 23.6. The summed E-state index contributed by atoms with van der Waals surface area (Å²) < 4.78 is 11.2. The van der Waals surface area contributed by atoms with E-state index in [-0.39, 0.29) is 0 Å². The number of carboxylic acids is 1. The Kier molecular flexibility index (Phi) is 1.92. The summed E-state index contributed by atoms with van der Waals surface area (Å²) in [6, 6.07) is 5.09. The molecule has 0 fully saturated rings. The Morgan fingerprint density at radius 3 is 2.71 bits per heavy atom. The van der Waals surface area contributed by atoms with E-state index in [4.69, 9.17) is 14.6 Å². The predicted octanol–water partition coefficient (Wildman–Crippen LogP) is 2.02. The molecule has 1 aliphatic rings. The first-order chi connectivity index (χ1) is 6.51. The summed E-state index contributed by atoms with van der Waals surface area (Å²) in [5.74, 6) is -1.88. The smallest absolute Gasteiger partial charge is 0.390 e. The SMILES string of the molecule is CC1(C(=O)O)Oc2ccc(Br)cc2O1. The van der Waals surface area contributed by atoms with Gasteiger partial charge in [-0.15, -0.1) is 0 Å². The molecule has 5 heteroatoms. The largest absolute Gasteiger partial charge is 0.475 e. The van der Waals surface area contributed by atoms with Gasteiger partial charge in [-0.2, -0.15) is 0 Å². The molecule has 74 valence electrons. The zero-order chi connectivity index (χ0) is 10.3. The molecule has 1 unspecified atom stereocenters. The standard InChI is InChI=1S/C9H7BrO4/c1-9(8(11)12)13-6-3-2-5(10)4-7(6)14-9/h2-4H,1H3,(H,11,12). The lowest BCUT2D eigenvalue weighted by Crippen LogP contribution is -2.43. The fourth-order valence-corrected chi connectivity index (χ4v) is 1.51. The van der Waals surface area contributed by atoms with E-state index in [0.717, 1.165) is 4.47 Å². The highest BCUT2D eigenvalue weighted by Gasteiger charge is 2.44. The van der Waals surface area contributed by atoms with Gasteiger partial charge in [-0.05, 0) is 18.2 Å². The number of rotatable bonds is 1. The molecule has 1 aliphatic heterocycles. The molecule has 0 saturated carbocycles. The number of ether oxygens (including phenoxy) is 2. The van der Waals surface area contributed by atoms with Crippen LogP contribution < -0.4 is 9.47 Å². The van der Waals surface area contributed by atoms with Gasteiger partial charge in [0.05, 0.1) is 0 Å². The topological polar surface area (TPSA) is 55.8 Å². The molecule has 0 aliphatic carbocycles. The van der Waals surface area contributed by atoms with E-state index in [9.17, 15) is 4.79 Å². The third kappa shape index (κ3) is 1.33. The quantitative estimate of drug-likeness (QED) is 0.838. The van der Waals surface area contributed by atoms with E-state index >= 15 is 0 Å². The van der Waals surface area contributed by atoms with Crippen molar-refractivity contribution in [1.29, 1.82) is 0 Å². The summed E-state index contributed by atoms with van der Waals surface area (Å²) in [7, 11) is 0. The molecular weight excluding hydrogens is 252 g/mol. The zero-order valence-corrected chi connectivity index (χ0v) is 8.87. The monoisotopic (exact) mass is 258 g/mol. The first kappa shape index (κ1) is 9.33. The fourth-order valence-electron chi connectivity index (χ4n) is 1.17. The van der Waals surface area contributed by atoms with Gasteiger partial charge in [0.1, 0.15) is 0 Å². The molecule has 4 nitrogen and oxygen atoms in total. The van der Waals surface area contributed by atoms with Crippen molar-refractivity contribution >= 4 is 21.9 Å². The third-order valence-corrected chi connectivity index (χ3v) is 2.40. The first-order valence-corrected chi connectivity index (χ1v) is 4.71. The Bertz CT molecular complexity index is 404. The van der Waals surface area contributed by atoms with Gasteiger partial charge in [0.15, 0.2) is 11.5 Å². The average molecular weight is 259 g/mol. The maximum Gasteiger partial charge on any atom is 0.390 e. The number of hydrogen-bond donors (Lipinski definition) is 1. The Labute approximate surface area is 88.6 Å². The van der Waals surface area contributed by atoms with Gasteiger partial charge in [0.2, 0.25) is 0 Å². The van der Waals surface area contributed by atoms with Crippen LogP contribution in [0.2, 0.25) is 0 Å². The molecule has 0 bridgehead atoms. The van der Waals surface area contributed by atoms with Crippen molar-refractivity contribution in [1.82, 2.24) is 0 Å². The van der Waals surface area contributed by atoms with Gasteiger partial charge in [0, 0.05) is 11.4 Å². The minimum Gasteiger partial charge on any atom is -0.475 e. The molecule has 0 radical (unpaired) electrons. The lowest BCUT2D eigenvalue weighted by Gasteiger charge is -2.16. The van der Waals surface area contributed by atoms with Crippen LogP contribution in [0.1, 0.15) is 6.92 Å². The van der Waals surface area contributed by atoms with Crippen LogP contribution >= 0.6 is 15.9 Å². The predicted molar refractivity (Wildman–Crippen MR) is 51.4 cm³/mol. The number of carbonyl (C=O) groups is 1. The summed E-state index contributed by atoms with van der Waals surface area (Å²) in [5, 5.41) is 8.85. The molecule has 1 heterocycles.